The Morgan fingerprint density at radius 2 is 1.97 bits per heavy atom. The van der Waals surface area contributed by atoms with E-state index in [-0.39, 0.29) is 17.3 Å². The maximum absolute atomic E-state index is 13.5. The molecule has 1 N–H and O–H groups in total. The number of hydrogen-bond acceptors (Lipinski definition) is 6. The first-order valence-electron chi connectivity index (χ1n) is 11.2. The zero-order valence-corrected chi connectivity index (χ0v) is 18.4. The van der Waals surface area contributed by atoms with E-state index in [1.54, 1.807) is 18.2 Å². The number of carbonyl (C=O) groups excluding carboxylic acids is 2. The highest BCUT2D eigenvalue weighted by Gasteiger charge is 2.69. The first kappa shape index (κ1) is 21.0. The van der Waals surface area contributed by atoms with Gasteiger partial charge >= 0.3 is 11.9 Å². The third-order valence-electron chi connectivity index (χ3n) is 8.29. The minimum absolute atomic E-state index is 0.0945. The van der Waals surface area contributed by atoms with E-state index in [0.717, 1.165) is 30.7 Å². The Labute approximate surface area is 183 Å². The number of benzene rings is 1. The maximum Gasteiger partial charge on any atom is 0.341 e. The molecule has 6 aliphatic rings. The Bertz CT molecular complexity index is 1030. The van der Waals surface area contributed by atoms with E-state index in [2.05, 4.69) is 0 Å². The molecule has 166 valence electrons. The molecule has 0 amide bonds. The highest BCUT2D eigenvalue weighted by atomic mass is 32.2. The van der Waals surface area contributed by atoms with Gasteiger partial charge in [-0.25, -0.2) is 4.79 Å². The molecule has 0 aliphatic heterocycles. The molecule has 6 bridgehead atoms. The molecule has 0 spiro atoms. The summed E-state index contributed by atoms with van der Waals surface area (Å²) >= 11 is 0. The molecule has 0 saturated heterocycles. The molecular weight excluding hydrogens is 419 g/mol. The highest BCUT2D eigenvalue weighted by Crippen LogP contribution is 2.73. The Hall–Kier alpha value is -1.87. The van der Waals surface area contributed by atoms with Crippen LogP contribution in [0.25, 0.3) is 0 Å². The first-order chi connectivity index (χ1) is 14.7. The molecule has 6 aliphatic carbocycles. The van der Waals surface area contributed by atoms with Gasteiger partial charge in [-0.1, -0.05) is 17.9 Å². The van der Waals surface area contributed by atoms with Crippen LogP contribution in [-0.4, -0.2) is 45.1 Å². The lowest BCUT2D eigenvalue weighted by molar-refractivity contribution is -0.229. The zero-order chi connectivity index (χ0) is 22.0. The van der Waals surface area contributed by atoms with Crippen molar-refractivity contribution < 1.29 is 32.0 Å². The second-order valence-electron chi connectivity index (χ2n) is 9.83. The van der Waals surface area contributed by atoms with E-state index in [1.165, 1.54) is 12.8 Å². The molecule has 0 aromatic heterocycles. The highest BCUT2D eigenvalue weighted by molar-refractivity contribution is 7.85. The normalized spacial score (nSPS) is 34.8. The van der Waals surface area contributed by atoms with Gasteiger partial charge < -0.3 is 9.47 Å². The largest absolute Gasteiger partial charge is 0.461 e. The molecular formula is C22H27BO7S. The third kappa shape index (κ3) is 3.50. The van der Waals surface area contributed by atoms with Gasteiger partial charge in [-0.15, -0.1) is 0 Å². The van der Waals surface area contributed by atoms with Gasteiger partial charge in [-0.3, -0.25) is 9.35 Å². The maximum atomic E-state index is 13.5. The van der Waals surface area contributed by atoms with Crippen molar-refractivity contribution in [3.63, 3.8) is 0 Å². The molecule has 6 atom stereocenters. The molecule has 6 fully saturated rings. The van der Waals surface area contributed by atoms with Gasteiger partial charge in [-0.2, -0.15) is 8.42 Å². The van der Waals surface area contributed by atoms with Gasteiger partial charge in [-0.05, 0) is 73.8 Å². The van der Waals surface area contributed by atoms with E-state index in [4.69, 9.17) is 14.0 Å². The van der Waals surface area contributed by atoms with Gasteiger partial charge in [0.2, 0.25) is 0 Å². The van der Waals surface area contributed by atoms with Gasteiger partial charge in [0.15, 0.2) is 0 Å². The predicted octanol–water partition coefficient (Wildman–Crippen LogP) is 1.84. The van der Waals surface area contributed by atoms with Crippen LogP contribution in [0.3, 0.4) is 0 Å². The average Bonchev–Trinajstić information content (AvgIpc) is 2.68. The Balaban J connectivity index is 1.37. The van der Waals surface area contributed by atoms with Crippen LogP contribution in [0.2, 0.25) is 0 Å². The summed E-state index contributed by atoms with van der Waals surface area (Å²) in [5.41, 5.74) is 0.586. The molecule has 0 heterocycles. The van der Waals surface area contributed by atoms with Crippen molar-refractivity contribution in [1.82, 2.24) is 0 Å². The first-order valence-corrected chi connectivity index (χ1v) is 12.8. The van der Waals surface area contributed by atoms with E-state index in [0.29, 0.717) is 30.0 Å². The van der Waals surface area contributed by atoms with Crippen LogP contribution in [0.1, 0.15) is 48.0 Å². The lowest BCUT2D eigenvalue weighted by Crippen LogP contribution is -2.67. The lowest BCUT2D eigenvalue weighted by atomic mass is 9.34. The number of esters is 2. The number of hydrogen-bond donors (Lipinski definition) is 1. The Kier molecular flexibility index (Phi) is 4.97. The molecule has 1 aromatic rings. The second-order valence-corrected chi connectivity index (χ2v) is 11.4. The fraction of sp³-hybridized carbons (Fsp3) is 0.636. The van der Waals surface area contributed by atoms with Gasteiger partial charge in [0, 0.05) is 0 Å². The van der Waals surface area contributed by atoms with Crippen molar-refractivity contribution in [1.29, 1.82) is 0 Å². The van der Waals surface area contributed by atoms with Crippen molar-refractivity contribution in [3.8, 4) is 5.75 Å². The van der Waals surface area contributed by atoms with Gasteiger partial charge in [0.05, 0.1) is 5.41 Å². The van der Waals surface area contributed by atoms with Gasteiger partial charge in [0.25, 0.3) is 10.1 Å². The van der Waals surface area contributed by atoms with E-state index < -0.39 is 33.9 Å². The summed E-state index contributed by atoms with van der Waals surface area (Å²) in [7, 11) is -2.26. The van der Waals surface area contributed by atoms with E-state index >= 15 is 0 Å². The Morgan fingerprint density at radius 3 is 2.68 bits per heavy atom. The molecule has 0 radical (unpaired) electrons. The van der Waals surface area contributed by atoms with Crippen LogP contribution in [-0.2, 0) is 26.0 Å². The average molecular weight is 446 g/mol. The molecule has 6 saturated carbocycles. The summed E-state index contributed by atoms with van der Waals surface area (Å²) in [5, 5.41) is 0. The van der Waals surface area contributed by atoms with Gasteiger partial charge in [0.1, 0.15) is 31.5 Å². The predicted molar refractivity (Wildman–Crippen MR) is 114 cm³/mol. The quantitative estimate of drug-likeness (QED) is 0.295. The van der Waals surface area contributed by atoms with E-state index in [1.807, 2.05) is 7.85 Å². The molecule has 7 nitrogen and oxygen atoms in total. The molecule has 9 heteroatoms. The fourth-order valence-corrected chi connectivity index (χ4v) is 7.29. The van der Waals surface area contributed by atoms with Crippen molar-refractivity contribution >= 4 is 29.9 Å². The lowest BCUT2D eigenvalue weighted by Gasteiger charge is -2.70. The smallest absolute Gasteiger partial charge is 0.341 e. The molecule has 7 rings (SSSR count). The Morgan fingerprint density at radius 1 is 1.16 bits per heavy atom. The summed E-state index contributed by atoms with van der Waals surface area (Å²) in [4.78, 5) is 26.1. The van der Waals surface area contributed by atoms with Crippen LogP contribution in [0.15, 0.2) is 18.2 Å². The summed E-state index contributed by atoms with van der Waals surface area (Å²) < 4.78 is 41.5. The van der Waals surface area contributed by atoms with Crippen LogP contribution in [0.5, 0.6) is 5.75 Å². The van der Waals surface area contributed by atoms with Crippen LogP contribution in [0.4, 0.5) is 0 Å². The monoisotopic (exact) mass is 446 g/mol. The van der Waals surface area contributed by atoms with Crippen LogP contribution < -0.4 is 4.74 Å². The topological polar surface area (TPSA) is 107 Å². The summed E-state index contributed by atoms with van der Waals surface area (Å²) in [5.74, 6) is 1.57. The van der Waals surface area contributed by atoms with Crippen molar-refractivity contribution in [2.75, 3.05) is 12.4 Å². The SMILES string of the molecule is BCc1ccc(C(=O)OCCS(=O)(=O)O)c(OC(=O)C23CC4CC(C2)C2CC3C2C4)c1. The van der Waals surface area contributed by atoms with Crippen molar-refractivity contribution in [2.45, 2.75) is 38.4 Å². The van der Waals surface area contributed by atoms with Crippen LogP contribution in [0, 0.1) is 35.0 Å². The third-order valence-corrected chi connectivity index (χ3v) is 8.97. The zero-order valence-electron chi connectivity index (χ0n) is 17.6. The number of ether oxygens (including phenoxy) is 2. The van der Waals surface area contributed by atoms with Crippen molar-refractivity contribution in [2.24, 2.45) is 35.0 Å². The number of rotatable bonds is 7. The second kappa shape index (κ2) is 7.34. The molecule has 31 heavy (non-hydrogen) atoms. The minimum Gasteiger partial charge on any atom is -0.461 e. The molecule has 1 aromatic carbocycles. The van der Waals surface area contributed by atoms with Crippen LogP contribution >= 0.6 is 0 Å². The number of carbonyl (C=O) groups is 2. The molecule has 6 unspecified atom stereocenters. The van der Waals surface area contributed by atoms with E-state index in [9.17, 15) is 18.0 Å². The fourth-order valence-electron chi connectivity index (χ4n) is 6.99. The van der Waals surface area contributed by atoms with Crippen molar-refractivity contribution in [3.05, 3.63) is 29.3 Å². The summed E-state index contributed by atoms with van der Waals surface area (Å²) in [6.45, 7) is -0.473. The standard InChI is InChI=1S/C22H27BO7S/c23-11-12-1-2-15(20(24)29-3-4-31(26,27)28)19(7-12)30-21(25)22-9-13-5-14(10-22)16-8-18(22)17(16)6-13/h1-2,7,13-14,16-18H,3-6,8-11,23H2,(H,26,27,28). The minimum atomic E-state index is -4.23. The summed E-state index contributed by atoms with van der Waals surface area (Å²) in [6, 6.07) is 5.01. The summed E-state index contributed by atoms with van der Waals surface area (Å²) in [6.07, 6.45) is 6.10.